The number of carbonyl (C=O) groups excluding carboxylic acids is 1. The fraction of sp³-hybridized carbons (Fsp3) is 0.440. The Hall–Kier alpha value is -3.05. The van der Waals surface area contributed by atoms with E-state index in [1.165, 1.54) is 40.4 Å². The summed E-state index contributed by atoms with van der Waals surface area (Å²) in [5.41, 5.74) is 1.75. The standard InChI is InChI=1S/C25H32F2N2O6S/c1-7-29(8-2)36(26,27)35-21-14-18-17(10-12-20(21)31)23-16(9-11-19(18)28-15(3)30)13-22(32-4)24(33-5)25(23)34-6/h10,12-14,19H,7-9,11H2,1-6H3,(H,28,30)/t19-/m0/s1. The Bertz CT molecular complexity index is 1190. The molecule has 0 saturated heterocycles. The molecule has 0 bridgehead atoms. The monoisotopic (exact) mass is 526 g/mol. The molecule has 0 aliphatic heterocycles. The second-order valence-electron chi connectivity index (χ2n) is 8.14. The Labute approximate surface area is 211 Å². The Morgan fingerprint density at radius 3 is 2.28 bits per heavy atom. The van der Waals surface area contributed by atoms with Gasteiger partial charge < -0.3 is 23.7 Å². The molecule has 198 valence electrons. The molecule has 1 N–H and O–H groups in total. The number of methoxy groups -OCH3 is 3. The first-order chi connectivity index (χ1) is 17.1. The van der Waals surface area contributed by atoms with Crippen LogP contribution in [0.5, 0.6) is 23.0 Å². The largest absolute Gasteiger partial charge is 0.493 e. The third kappa shape index (κ3) is 5.36. The molecule has 0 radical (unpaired) electrons. The van der Waals surface area contributed by atoms with Crippen LogP contribution < -0.4 is 29.1 Å². The van der Waals surface area contributed by atoms with Crippen molar-refractivity contribution in [2.75, 3.05) is 34.4 Å². The van der Waals surface area contributed by atoms with E-state index in [4.69, 9.17) is 18.4 Å². The number of nitrogens with one attached hydrogen (secondary N) is 1. The Morgan fingerprint density at radius 1 is 1.06 bits per heavy atom. The van der Waals surface area contributed by atoms with Crippen molar-refractivity contribution in [2.24, 2.45) is 0 Å². The highest BCUT2D eigenvalue weighted by molar-refractivity contribution is 8.19. The number of fused-ring (bicyclic) bond motifs is 3. The molecule has 0 heterocycles. The van der Waals surface area contributed by atoms with Gasteiger partial charge in [0, 0.05) is 25.6 Å². The van der Waals surface area contributed by atoms with Crippen molar-refractivity contribution < 1.29 is 31.0 Å². The van der Waals surface area contributed by atoms with Gasteiger partial charge in [-0.3, -0.25) is 9.59 Å². The van der Waals surface area contributed by atoms with Crippen molar-refractivity contribution in [1.29, 1.82) is 0 Å². The molecule has 0 fully saturated rings. The van der Waals surface area contributed by atoms with Gasteiger partial charge in [-0.2, -0.15) is 4.31 Å². The maximum absolute atomic E-state index is 15.0. The predicted octanol–water partition coefficient (Wildman–Crippen LogP) is 4.99. The lowest BCUT2D eigenvalue weighted by Gasteiger charge is -2.31. The molecule has 0 spiro atoms. The van der Waals surface area contributed by atoms with Crippen LogP contribution in [0.25, 0.3) is 11.1 Å². The zero-order valence-corrected chi connectivity index (χ0v) is 22.1. The van der Waals surface area contributed by atoms with Crippen molar-refractivity contribution in [3.63, 3.8) is 0 Å². The summed E-state index contributed by atoms with van der Waals surface area (Å²) in [4.78, 5) is 25.0. The molecule has 8 nitrogen and oxygen atoms in total. The number of rotatable bonds is 9. The molecule has 1 amide bonds. The van der Waals surface area contributed by atoms with Crippen molar-refractivity contribution in [3.05, 3.63) is 45.6 Å². The second kappa shape index (κ2) is 11.3. The molecule has 2 aromatic carbocycles. The maximum atomic E-state index is 15.0. The first kappa shape index (κ1) is 27.5. The molecule has 36 heavy (non-hydrogen) atoms. The lowest BCUT2D eigenvalue weighted by atomic mass is 9.95. The van der Waals surface area contributed by atoms with Crippen LogP contribution in [0.3, 0.4) is 0 Å². The van der Waals surface area contributed by atoms with E-state index in [1.807, 2.05) is 6.07 Å². The highest BCUT2D eigenvalue weighted by Gasteiger charge is 2.34. The third-order valence-electron chi connectivity index (χ3n) is 6.07. The summed E-state index contributed by atoms with van der Waals surface area (Å²) in [5, 5.41) is 2.89. The minimum atomic E-state index is -4.71. The lowest BCUT2D eigenvalue weighted by Crippen LogP contribution is -2.27. The minimum Gasteiger partial charge on any atom is -0.493 e. The number of aryl methyl sites for hydroxylation is 1. The summed E-state index contributed by atoms with van der Waals surface area (Å²) in [6.45, 7) is 4.69. The zero-order chi connectivity index (χ0) is 26.6. The number of amides is 1. The first-order valence-electron chi connectivity index (χ1n) is 11.6. The summed E-state index contributed by atoms with van der Waals surface area (Å²) >= 11 is -4.71. The van der Waals surface area contributed by atoms with Gasteiger partial charge in [-0.05, 0) is 53.8 Å². The highest BCUT2D eigenvalue weighted by atomic mass is 32.3. The van der Waals surface area contributed by atoms with E-state index in [2.05, 4.69) is 5.32 Å². The molecule has 1 aliphatic carbocycles. The van der Waals surface area contributed by atoms with Crippen molar-refractivity contribution >= 4 is 17.2 Å². The minimum absolute atomic E-state index is 0.0603. The summed E-state index contributed by atoms with van der Waals surface area (Å²) in [6.07, 6.45) is 0.950. The molecule has 2 aromatic rings. The molecular formula is C25H32F2N2O6S. The number of hydrogen-bond donors (Lipinski definition) is 1. The second-order valence-corrected chi connectivity index (χ2v) is 9.62. The zero-order valence-electron chi connectivity index (χ0n) is 21.3. The van der Waals surface area contributed by atoms with E-state index in [1.54, 1.807) is 19.9 Å². The molecule has 3 rings (SSSR count). The van der Waals surface area contributed by atoms with Crippen LogP contribution in [-0.2, 0) is 11.2 Å². The van der Waals surface area contributed by atoms with Crippen molar-refractivity contribution in [3.8, 4) is 34.1 Å². The molecular weight excluding hydrogens is 494 g/mol. The van der Waals surface area contributed by atoms with Crippen molar-refractivity contribution in [2.45, 2.75) is 39.7 Å². The lowest BCUT2D eigenvalue weighted by molar-refractivity contribution is -0.119. The van der Waals surface area contributed by atoms with Gasteiger partial charge in [0.1, 0.15) is 0 Å². The summed E-state index contributed by atoms with van der Waals surface area (Å²) in [6, 6.07) is 5.30. The van der Waals surface area contributed by atoms with E-state index in [0.717, 1.165) is 9.87 Å². The third-order valence-corrected chi connectivity index (χ3v) is 7.57. The van der Waals surface area contributed by atoms with Crippen LogP contribution in [0.15, 0.2) is 29.1 Å². The first-order valence-corrected chi connectivity index (χ1v) is 12.9. The predicted molar refractivity (Wildman–Crippen MR) is 136 cm³/mol. The molecule has 11 heteroatoms. The summed E-state index contributed by atoms with van der Waals surface area (Å²) < 4.78 is 52.7. The van der Waals surface area contributed by atoms with E-state index >= 15 is 0 Å². The maximum Gasteiger partial charge on any atom is 0.288 e. The van der Waals surface area contributed by atoms with Crippen LogP contribution in [0.4, 0.5) is 7.77 Å². The molecule has 0 aromatic heterocycles. The highest BCUT2D eigenvalue weighted by Crippen LogP contribution is 2.55. The smallest absolute Gasteiger partial charge is 0.288 e. The van der Waals surface area contributed by atoms with Gasteiger partial charge in [-0.25, -0.2) is 0 Å². The number of benzene rings is 1. The van der Waals surface area contributed by atoms with Gasteiger partial charge in [0.25, 0.3) is 11.3 Å². The number of hydrogen-bond acceptors (Lipinski definition) is 7. The average Bonchev–Trinajstić information content (AvgIpc) is 3.07. The fourth-order valence-corrected chi connectivity index (χ4v) is 5.50. The van der Waals surface area contributed by atoms with Gasteiger partial charge in [0.05, 0.1) is 27.4 Å². The average molecular weight is 527 g/mol. The van der Waals surface area contributed by atoms with E-state index in [9.17, 15) is 17.4 Å². The van der Waals surface area contributed by atoms with Crippen LogP contribution in [-0.4, -0.2) is 44.6 Å². The SMILES string of the molecule is CCN(CC)S(F)(F)Oc1cc2c(ccc1=O)-c1c(cc(OC)c(OC)c1OC)CC[C@@H]2NC(C)=O. The van der Waals surface area contributed by atoms with E-state index in [-0.39, 0.29) is 19.0 Å². The Kier molecular flexibility index (Phi) is 8.67. The van der Waals surface area contributed by atoms with Gasteiger partial charge in [-0.15, -0.1) is 7.77 Å². The number of nitrogens with zero attached hydrogens (tertiary/aromatic N) is 1. The number of carbonyl (C=O) groups is 1. The van der Waals surface area contributed by atoms with Gasteiger partial charge in [0.2, 0.25) is 17.1 Å². The molecule has 0 saturated carbocycles. The fourth-order valence-electron chi connectivity index (χ4n) is 4.44. The van der Waals surface area contributed by atoms with Gasteiger partial charge in [-0.1, -0.05) is 13.8 Å². The Balaban J connectivity index is 2.34. The van der Waals surface area contributed by atoms with Gasteiger partial charge >= 0.3 is 0 Å². The van der Waals surface area contributed by atoms with Crippen molar-refractivity contribution in [1.82, 2.24) is 9.62 Å². The molecule has 0 unspecified atom stereocenters. The quantitative estimate of drug-likeness (QED) is 0.493. The van der Waals surface area contributed by atoms with E-state index in [0.29, 0.717) is 46.8 Å². The van der Waals surface area contributed by atoms with E-state index < -0.39 is 28.5 Å². The molecule has 1 aliphatic rings. The number of halogens is 2. The van der Waals surface area contributed by atoms with Crippen LogP contribution in [0.2, 0.25) is 0 Å². The molecule has 1 atom stereocenters. The normalized spacial score (nSPS) is 15.3. The summed E-state index contributed by atoms with van der Waals surface area (Å²) in [7, 11) is 4.48. The topological polar surface area (TPSA) is 86.3 Å². The number of ether oxygens (including phenoxy) is 3. The van der Waals surface area contributed by atoms with Gasteiger partial charge in [0.15, 0.2) is 17.2 Å². The van der Waals surface area contributed by atoms with Crippen LogP contribution in [0, 0.1) is 0 Å². The van der Waals surface area contributed by atoms with Crippen LogP contribution >= 0.6 is 11.3 Å². The van der Waals surface area contributed by atoms with Crippen LogP contribution in [0.1, 0.15) is 44.4 Å². The Morgan fingerprint density at radius 2 is 1.72 bits per heavy atom. The summed E-state index contributed by atoms with van der Waals surface area (Å²) in [5.74, 6) is 0.405.